The van der Waals surface area contributed by atoms with Gasteiger partial charge in [0.1, 0.15) is 0 Å². The highest BCUT2D eigenvalue weighted by Gasteiger charge is 2.09. The van der Waals surface area contributed by atoms with Gasteiger partial charge in [-0.25, -0.2) is 0 Å². The van der Waals surface area contributed by atoms with Gasteiger partial charge in [-0.2, -0.15) is 0 Å². The number of hydrogen-bond donors (Lipinski definition) is 0. The van der Waals surface area contributed by atoms with Crippen LogP contribution in [0.1, 0.15) is 72.6 Å². The zero-order valence-electron chi connectivity index (χ0n) is 12.5. The summed E-state index contributed by atoms with van der Waals surface area (Å²) in [6.07, 6.45) is 13.7. The zero-order valence-corrected chi connectivity index (χ0v) is 12.5. The minimum Gasteiger partial charge on any atom is -0.103 e. The van der Waals surface area contributed by atoms with Gasteiger partial charge in [0.15, 0.2) is 0 Å². The van der Waals surface area contributed by atoms with Gasteiger partial charge in [-0.3, -0.25) is 0 Å². The Morgan fingerprint density at radius 2 is 1.82 bits per heavy atom. The minimum absolute atomic E-state index is 0.689. The van der Waals surface area contributed by atoms with Gasteiger partial charge in [0, 0.05) is 0 Å². The Hall–Kier alpha value is -0.520. The van der Waals surface area contributed by atoms with E-state index in [9.17, 15) is 0 Å². The summed E-state index contributed by atoms with van der Waals surface area (Å²) in [7, 11) is 0. The van der Waals surface area contributed by atoms with E-state index in [1.54, 1.807) is 5.57 Å². The smallest absolute Gasteiger partial charge is 0.0173 e. The Morgan fingerprint density at radius 3 is 2.29 bits per heavy atom. The molecular weight excluding hydrogens is 204 g/mol. The number of rotatable bonds is 10. The average molecular weight is 236 g/mol. The maximum absolute atomic E-state index is 3.87. The van der Waals surface area contributed by atoms with Crippen molar-refractivity contribution < 1.29 is 0 Å². The first-order valence-corrected chi connectivity index (χ1v) is 7.46. The van der Waals surface area contributed by atoms with Crippen molar-refractivity contribution in [2.75, 3.05) is 0 Å². The van der Waals surface area contributed by atoms with E-state index in [-0.39, 0.29) is 0 Å². The van der Waals surface area contributed by atoms with Gasteiger partial charge in [-0.15, -0.1) is 6.58 Å². The highest BCUT2D eigenvalue weighted by atomic mass is 14.1. The Labute approximate surface area is 109 Å². The highest BCUT2D eigenvalue weighted by Crippen LogP contribution is 2.22. The predicted octanol–water partition coefficient (Wildman–Crippen LogP) is 6.14. The second kappa shape index (κ2) is 10.6. The van der Waals surface area contributed by atoms with Gasteiger partial charge in [0.05, 0.1) is 0 Å². The van der Waals surface area contributed by atoms with Gasteiger partial charge in [-0.1, -0.05) is 64.7 Å². The Balaban J connectivity index is 4.23. The number of hydrogen-bond acceptors (Lipinski definition) is 0. The van der Waals surface area contributed by atoms with Crippen LogP contribution in [-0.2, 0) is 0 Å². The molecule has 0 aromatic heterocycles. The van der Waals surface area contributed by atoms with E-state index in [0.717, 1.165) is 12.3 Å². The fourth-order valence-electron chi connectivity index (χ4n) is 2.18. The molecule has 0 saturated heterocycles. The molecule has 0 saturated carbocycles. The SMILES string of the molecule is C=CCC(C=C(CC)CCCCCC)C(C)C. The maximum atomic E-state index is 3.87. The molecule has 0 nitrogen and oxygen atoms in total. The lowest BCUT2D eigenvalue weighted by atomic mass is 9.89. The first-order valence-electron chi connectivity index (χ1n) is 7.46. The lowest BCUT2D eigenvalue weighted by molar-refractivity contribution is 0.465. The Bertz CT molecular complexity index is 210. The molecule has 0 bridgehead atoms. The minimum atomic E-state index is 0.689. The Kier molecular flexibility index (Phi) is 10.3. The molecule has 0 fully saturated rings. The summed E-state index contributed by atoms with van der Waals surface area (Å²) in [5.74, 6) is 1.42. The van der Waals surface area contributed by atoms with Crippen molar-refractivity contribution in [2.24, 2.45) is 11.8 Å². The molecule has 0 aliphatic rings. The molecule has 0 aromatic carbocycles. The van der Waals surface area contributed by atoms with Gasteiger partial charge < -0.3 is 0 Å². The standard InChI is InChI=1S/C17H32/c1-6-9-10-11-13-16(8-3)14-17(12-7-2)15(4)5/h7,14-15,17H,2,6,8-13H2,1,3-5H3. The van der Waals surface area contributed by atoms with Crippen LogP contribution in [0, 0.1) is 11.8 Å². The molecule has 0 rings (SSSR count). The molecular formula is C17H32. The fraction of sp³-hybridized carbons (Fsp3) is 0.765. The normalized spacial score (nSPS) is 14.1. The van der Waals surface area contributed by atoms with Crippen molar-refractivity contribution >= 4 is 0 Å². The van der Waals surface area contributed by atoms with Crippen molar-refractivity contribution in [1.29, 1.82) is 0 Å². The molecule has 1 atom stereocenters. The number of allylic oxidation sites excluding steroid dienone is 3. The monoisotopic (exact) mass is 236 g/mol. The van der Waals surface area contributed by atoms with Crippen LogP contribution in [0.3, 0.4) is 0 Å². The first kappa shape index (κ1) is 16.5. The molecule has 0 heteroatoms. The summed E-state index contributed by atoms with van der Waals surface area (Å²) >= 11 is 0. The molecule has 0 heterocycles. The van der Waals surface area contributed by atoms with Crippen LogP contribution in [0.4, 0.5) is 0 Å². The molecule has 17 heavy (non-hydrogen) atoms. The fourth-order valence-corrected chi connectivity index (χ4v) is 2.18. The van der Waals surface area contributed by atoms with E-state index in [2.05, 4.69) is 46.4 Å². The summed E-state index contributed by atoms with van der Waals surface area (Å²) in [6, 6.07) is 0. The van der Waals surface area contributed by atoms with Crippen LogP contribution >= 0.6 is 0 Å². The van der Waals surface area contributed by atoms with Crippen molar-refractivity contribution in [2.45, 2.75) is 72.6 Å². The molecule has 0 N–H and O–H groups in total. The van der Waals surface area contributed by atoms with Crippen LogP contribution in [0.2, 0.25) is 0 Å². The van der Waals surface area contributed by atoms with E-state index in [1.807, 2.05) is 0 Å². The molecule has 0 spiro atoms. The van der Waals surface area contributed by atoms with Gasteiger partial charge in [-0.05, 0) is 37.5 Å². The van der Waals surface area contributed by atoms with Crippen molar-refractivity contribution in [3.8, 4) is 0 Å². The maximum Gasteiger partial charge on any atom is -0.0173 e. The highest BCUT2D eigenvalue weighted by molar-refractivity contribution is 5.05. The van der Waals surface area contributed by atoms with Crippen LogP contribution in [0.25, 0.3) is 0 Å². The third-order valence-corrected chi connectivity index (χ3v) is 3.55. The third-order valence-electron chi connectivity index (χ3n) is 3.55. The molecule has 0 aliphatic carbocycles. The van der Waals surface area contributed by atoms with Crippen LogP contribution in [0.5, 0.6) is 0 Å². The molecule has 0 aromatic rings. The summed E-state index contributed by atoms with van der Waals surface area (Å²) in [4.78, 5) is 0. The van der Waals surface area contributed by atoms with Gasteiger partial charge in [0.25, 0.3) is 0 Å². The van der Waals surface area contributed by atoms with Crippen LogP contribution in [-0.4, -0.2) is 0 Å². The summed E-state index contributed by atoms with van der Waals surface area (Å²) in [5.41, 5.74) is 1.65. The van der Waals surface area contributed by atoms with Crippen molar-refractivity contribution in [3.05, 3.63) is 24.3 Å². The Morgan fingerprint density at radius 1 is 1.12 bits per heavy atom. The van der Waals surface area contributed by atoms with Gasteiger partial charge in [0.2, 0.25) is 0 Å². The topological polar surface area (TPSA) is 0 Å². The van der Waals surface area contributed by atoms with E-state index in [1.165, 1.54) is 38.5 Å². The summed E-state index contributed by atoms with van der Waals surface area (Å²) in [6.45, 7) is 13.1. The first-order chi connectivity index (χ1) is 8.15. The average Bonchev–Trinajstić information content (AvgIpc) is 2.31. The predicted molar refractivity (Wildman–Crippen MR) is 80.3 cm³/mol. The molecule has 0 aliphatic heterocycles. The largest absolute Gasteiger partial charge is 0.103 e. The third kappa shape index (κ3) is 8.24. The van der Waals surface area contributed by atoms with E-state index >= 15 is 0 Å². The quantitative estimate of drug-likeness (QED) is 0.315. The molecule has 0 amide bonds. The molecule has 100 valence electrons. The molecule has 0 radical (unpaired) electrons. The van der Waals surface area contributed by atoms with E-state index in [4.69, 9.17) is 0 Å². The summed E-state index contributed by atoms with van der Waals surface area (Å²) < 4.78 is 0. The van der Waals surface area contributed by atoms with E-state index < -0.39 is 0 Å². The lowest BCUT2D eigenvalue weighted by Gasteiger charge is -2.17. The second-order valence-corrected chi connectivity index (χ2v) is 5.42. The van der Waals surface area contributed by atoms with Crippen molar-refractivity contribution in [1.82, 2.24) is 0 Å². The van der Waals surface area contributed by atoms with E-state index in [0.29, 0.717) is 5.92 Å². The molecule has 1 unspecified atom stereocenters. The van der Waals surface area contributed by atoms with Crippen molar-refractivity contribution in [3.63, 3.8) is 0 Å². The van der Waals surface area contributed by atoms with Gasteiger partial charge >= 0.3 is 0 Å². The van der Waals surface area contributed by atoms with Crippen LogP contribution < -0.4 is 0 Å². The summed E-state index contributed by atoms with van der Waals surface area (Å²) in [5, 5.41) is 0. The van der Waals surface area contributed by atoms with Crippen LogP contribution in [0.15, 0.2) is 24.3 Å². The zero-order chi connectivity index (χ0) is 13.1. The lowest BCUT2D eigenvalue weighted by Crippen LogP contribution is -2.05. The second-order valence-electron chi connectivity index (χ2n) is 5.42. The number of unbranched alkanes of at least 4 members (excludes halogenated alkanes) is 3.